The van der Waals surface area contributed by atoms with Crippen LogP contribution in [0.5, 0.6) is 11.5 Å². The van der Waals surface area contributed by atoms with Crippen molar-refractivity contribution in [3.05, 3.63) is 90.2 Å². The highest BCUT2D eigenvalue weighted by molar-refractivity contribution is 6.31. The van der Waals surface area contributed by atoms with Gasteiger partial charge < -0.3 is 19.3 Å². The minimum atomic E-state index is -0.861. The molecule has 1 unspecified atom stereocenters. The van der Waals surface area contributed by atoms with Gasteiger partial charge in [-0.1, -0.05) is 29.8 Å². The third-order valence-corrected chi connectivity index (χ3v) is 5.58. The molecule has 0 aliphatic carbocycles. The van der Waals surface area contributed by atoms with Gasteiger partial charge in [0.1, 0.15) is 11.5 Å². The van der Waals surface area contributed by atoms with E-state index in [4.69, 9.17) is 11.6 Å². The molecule has 2 aromatic heterocycles. The van der Waals surface area contributed by atoms with Gasteiger partial charge in [-0.3, -0.25) is 9.59 Å². The lowest BCUT2D eigenvalue weighted by molar-refractivity contribution is 0.451. The summed E-state index contributed by atoms with van der Waals surface area (Å²) in [5.41, 5.74) is 1.23. The molecule has 0 radical (unpaired) electrons. The number of aromatic nitrogens is 2. The van der Waals surface area contributed by atoms with Gasteiger partial charge in [0.05, 0.1) is 5.56 Å². The molecule has 0 saturated carbocycles. The summed E-state index contributed by atoms with van der Waals surface area (Å²) in [5.74, 6) is -1.31. The molecule has 3 aromatic rings. The molecule has 28 heavy (non-hydrogen) atoms. The standard InChI is InChI=1S/C21H21ClN2O4/c1-11-9-15(25)20(21(28)23(11)3)19(13-7-5-6-8-14(13)22)18-12(2)24(4)17(27)10-16(18)26/h5-10,19,25-26H,1-4H3. The second-order valence-corrected chi connectivity index (χ2v) is 7.24. The van der Waals surface area contributed by atoms with Crippen molar-refractivity contribution in [2.24, 2.45) is 14.1 Å². The van der Waals surface area contributed by atoms with Crippen LogP contribution in [-0.4, -0.2) is 19.3 Å². The summed E-state index contributed by atoms with van der Waals surface area (Å²) in [5, 5.41) is 21.7. The first-order chi connectivity index (χ1) is 13.1. The Bertz CT molecular complexity index is 1190. The van der Waals surface area contributed by atoms with E-state index in [2.05, 4.69) is 0 Å². The average molecular weight is 401 g/mol. The predicted molar refractivity (Wildman–Crippen MR) is 109 cm³/mol. The topological polar surface area (TPSA) is 84.5 Å². The maximum atomic E-state index is 13.1. The molecule has 1 atom stereocenters. The Hall–Kier alpha value is -2.99. The molecule has 0 amide bonds. The van der Waals surface area contributed by atoms with Gasteiger partial charge in [0.15, 0.2) is 0 Å². The molecular formula is C21H21ClN2O4. The number of rotatable bonds is 3. The van der Waals surface area contributed by atoms with Crippen LogP contribution in [0.1, 0.15) is 34.0 Å². The molecular weight excluding hydrogens is 380 g/mol. The largest absolute Gasteiger partial charge is 0.507 e. The van der Waals surface area contributed by atoms with Crippen molar-refractivity contribution in [1.82, 2.24) is 9.13 Å². The second kappa shape index (κ2) is 7.20. The minimum absolute atomic E-state index is 0.0817. The summed E-state index contributed by atoms with van der Waals surface area (Å²) in [7, 11) is 3.19. The number of pyridine rings is 2. The Morgan fingerprint density at radius 1 is 0.929 bits per heavy atom. The summed E-state index contributed by atoms with van der Waals surface area (Å²) in [4.78, 5) is 25.2. The number of nitrogens with zero attached hydrogens (tertiary/aromatic N) is 2. The summed E-state index contributed by atoms with van der Waals surface area (Å²) in [6.45, 7) is 3.39. The fourth-order valence-corrected chi connectivity index (χ4v) is 3.68. The van der Waals surface area contributed by atoms with Gasteiger partial charge >= 0.3 is 0 Å². The zero-order valence-corrected chi connectivity index (χ0v) is 16.8. The van der Waals surface area contributed by atoms with Crippen LogP contribution in [0.4, 0.5) is 0 Å². The van der Waals surface area contributed by atoms with Crippen LogP contribution >= 0.6 is 11.6 Å². The number of halogens is 1. The van der Waals surface area contributed by atoms with Crippen LogP contribution < -0.4 is 11.1 Å². The lowest BCUT2D eigenvalue weighted by atomic mass is 9.83. The third kappa shape index (κ3) is 3.10. The Labute approximate surface area is 166 Å². The van der Waals surface area contributed by atoms with E-state index >= 15 is 0 Å². The fourth-order valence-electron chi connectivity index (χ4n) is 3.44. The summed E-state index contributed by atoms with van der Waals surface area (Å²) < 4.78 is 2.81. The minimum Gasteiger partial charge on any atom is -0.507 e. The van der Waals surface area contributed by atoms with Gasteiger partial charge in [0.2, 0.25) is 0 Å². The first kappa shape index (κ1) is 19.8. The fraction of sp³-hybridized carbons (Fsp3) is 0.238. The lowest BCUT2D eigenvalue weighted by Gasteiger charge is -2.24. The molecule has 146 valence electrons. The third-order valence-electron chi connectivity index (χ3n) is 5.24. The average Bonchev–Trinajstić information content (AvgIpc) is 2.64. The number of aryl methyl sites for hydroxylation is 1. The smallest absolute Gasteiger partial charge is 0.258 e. The van der Waals surface area contributed by atoms with Gasteiger partial charge in [0, 0.05) is 48.1 Å². The molecule has 6 nitrogen and oxygen atoms in total. The molecule has 2 heterocycles. The van der Waals surface area contributed by atoms with Gasteiger partial charge in [-0.15, -0.1) is 0 Å². The maximum Gasteiger partial charge on any atom is 0.258 e. The first-order valence-electron chi connectivity index (χ1n) is 8.68. The Morgan fingerprint density at radius 2 is 1.54 bits per heavy atom. The highest BCUT2D eigenvalue weighted by Gasteiger charge is 2.30. The van der Waals surface area contributed by atoms with Crippen molar-refractivity contribution in [3.63, 3.8) is 0 Å². The molecule has 0 saturated heterocycles. The Balaban J connectivity index is 2.50. The number of hydrogen-bond donors (Lipinski definition) is 2. The van der Waals surface area contributed by atoms with Crippen LogP contribution in [-0.2, 0) is 14.1 Å². The van der Waals surface area contributed by atoms with Crippen LogP contribution in [0.3, 0.4) is 0 Å². The highest BCUT2D eigenvalue weighted by Crippen LogP contribution is 2.42. The monoisotopic (exact) mass is 400 g/mol. The number of benzene rings is 1. The predicted octanol–water partition coefficient (Wildman–Crippen LogP) is 2.95. The van der Waals surface area contributed by atoms with E-state index in [1.54, 1.807) is 52.2 Å². The van der Waals surface area contributed by atoms with E-state index in [0.717, 1.165) is 6.07 Å². The van der Waals surface area contributed by atoms with Crippen molar-refractivity contribution in [2.45, 2.75) is 19.8 Å². The quantitative estimate of drug-likeness (QED) is 0.708. The molecule has 0 aliphatic rings. The van der Waals surface area contributed by atoms with Gasteiger partial charge in [-0.25, -0.2) is 0 Å². The van der Waals surface area contributed by atoms with E-state index < -0.39 is 11.5 Å². The Kier molecular flexibility index (Phi) is 5.08. The van der Waals surface area contributed by atoms with Crippen molar-refractivity contribution in [3.8, 4) is 11.5 Å². The molecule has 1 aromatic carbocycles. The van der Waals surface area contributed by atoms with E-state index in [9.17, 15) is 19.8 Å². The molecule has 0 bridgehead atoms. The van der Waals surface area contributed by atoms with E-state index in [0.29, 0.717) is 27.5 Å². The van der Waals surface area contributed by atoms with E-state index in [1.807, 2.05) is 0 Å². The zero-order valence-electron chi connectivity index (χ0n) is 16.0. The maximum absolute atomic E-state index is 13.1. The molecule has 0 aliphatic heterocycles. The summed E-state index contributed by atoms with van der Waals surface area (Å²) in [6.07, 6.45) is 0. The van der Waals surface area contributed by atoms with Gasteiger partial charge in [0.25, 0.3) is 11.1 Å². The molecule has 0 spiro atoms. The van der Waals surface area contributed by atoms with Crippen LogP contribution in [0.15, 0.2) is 46.0 Å². The zero-order chi connectivity index (χ0) is 20.7. The van der Waals surface area contributed by atoms with E-state index in [1.165, 1.54) is 15.2 Å². The molecule has 7 heteroatoms. The van der Waals surface area contributed by atoms with E-state index in [-0.39, 0.29) is 22.6 Å². The molecule has 3 rings (SSSR count). The number of hydrogen-bond acceptors (Lipinski definition) is 4. The first-order valence-corrected chi connectivity index (χ1v) is 9.06. The number of aromatic hydroxyl groups is 2. The summed E-state index contributed by atoms with van der Waals surface area (Å²) >= 11 is 6.43. The van der Waals surface area contributed by atoms with Gasteiger partial charge in [-0.2, -0.15) is 0 Å². The Morgan fingerprint density at radius 3 is 2.18 bits per heavy atom. The van der Waals surface area contributed by atoms with Crippen molar-refractivity contribution in [2.75, 3.05) is 0 Å². The lowest BCUT2D eigenvalue weighted by Crippen LogP contribution is -2.28. The van der Waals surface area contributed by atoms with Crippen molar-refractivity contribution >= 4 is 11.6 Å². The molecule has 0 fully saturated rings. The van der Waals surface area contributed by atoms with Crippen LogP contribution in [0, 0.1) is 13.8 Å². The summed E-state index contributed by atoms with van der Waals surface area (Å²) in [6, 6.07) is 9.52. The van der Waals surface area contributed by atoms with Crippen LogP contribution in [0.25, 0.3) is 0 Å². The van der Waals surface area contributed by atoms with Gasteiger partial charge in [-0.05, 0) is 31.5 Å². The molecule has 2 N–H and O–H groups in total. The highest BCUT2D eigenvalue weighted by atomic mass is 35.5. The van der Waals surface area contributed by atoms with Crippen molar-refractivity contribution < 1.29 is 10.2 Å². The SMILES string of the molecule is Cc1c(C(c2ccccc2Cl)c2c(O)cc(C)n(C)c2=O)c(O)cc(=O)n1C. The van der Waals surface area contributed by atoms with Crippen LogP contribution in [0.2, 0.25) is 5.02 Å². The van der Waals surface area contributed by atoms with Crippen molar-refractivity contribution in [1.29, 1.82) is 0 Å². The normalized spacial score (nSPS) is 12.2. The second-order valence-electron chi connectivity index (χ2n) is 6.83.